The van der Waals surface area contributed by atoms with E-state index >= 15 is 0 Å². The zero-order chi connectivity index (χ0) is 16.4. The maximum Gasteiger partial charge on any atom is 0.279 e. The molecule has 0 saturated heterocycles. The molecule has 23 heavy (non-hydrogen) atoms. The number of carbonyl (C=O) groups is 1. The van der Waals surface area contributed by atoms with Crippen LogP contribution in [0.2, 0.25) is 5.02 Å². The van der Waals surface area contributed by atoms with Crippen molar-refractivity contribution in [2.24, 2.45) is 0 Å². The highest BCUT2D eigenvalue weighted by molar-refractivity contribution is 6.30. The molecule has 3 aromatic rings. The van der Waals surface area contributed by atoms with E-state index in [2.05, 4.69) is 10.4 Å². The Balaban J connectivity index is 2.31. The predicted molar refractivity (Wildman–Crippen MR) is 90.4 cm³/mol. The van der Waals surface area contributed by atoms with Crippen LogP contribution in [-0.2, 0) is 0 Å². The molecule has 0 unspecified atom stereocenters. The number of carbonyl (C=O) groups excluding carboxylic acids is 1. The topological polar surface area (TPSA) is 64.0 Å². The van der Waals surface area contributed by atoms with Crippen molar-refractivity contribution in [3.05, 3.63) is 69.6 Å². The second-order valence-corrected chi connectivity index (χ2v) is 5.38. The second kappa shape index (κ2) is 6.22. The summed E-state index contributed by atoms with van der Waals surface area (Å²) in [5.41, 5.74) is 0.490. The minimum Gasteiger partial charge on any atom is -0.351 e. The molecular formula is C17H14ClN3O2. The number of hydrogen-bond donors (Lipinski definition) is 1. The van der Waals surface area contributed by atoms with Crippen LogP contribution < -0.4 is 10.9 Å². The Morgan fingerprint density at radius 1 is 1.13 bits per heavy atom. The molecule has 0 radical (unpaired) electrons. The van der Waals surface area contributed by atoms with E-state index in [9.17, 15) is 9.59 Å². The van der Waals surface area contributed by atoms with Crippen LogP contribution >= 0.6 is 11.6 Å². The zero-order valence-corrected chi connectivity index (χ0v) is 13.2. The second-order valence-electron chi connectivity index (χ2n) is 4.95. The maximum absolute atomic E-state index is 12.7. The van der Waals surface area contributed by atoms with Crippen LogP contribution in [0, 0.1) is 0 Å². The Morgan fingerprint density at radius 2 is 1.78 bits per heavy atom. The fraction of sp³-hybridized carbons (Fsp3) is 0.118. The lowest BCUT2D eigenvalue weighted by atomic mass is 10.1. The van der Waals surface area contributed by atoms with Crippen LogP contribution in [0.3, 0.4) is 0 Å². The van der Waals surface area contributed by atoms with Crippen molar-refractivity contribution in [1.82, 2.24) is 15.1 Å². The minimum absolute atomic E-state index is 0.219. The van der Waals surface area contributed by atoms with Crippen molar-refractivity contribution in [1.29, 1.82) is 0 Å². The largest absolute Gasteiger partial charge is 0.351 e. The van der Waals surface area contributed by atoms with Gasteiger partial charge in [0, 0.05) is 17.0 Å². The summed E-state index contributed by atoms with van der Waals surface area (Å²) in [5, 5.41) is 8.53. The molecule has 1 aromatic heterocycles. The summed E-state index contributed by atoms with van der Waals surface area (Å²) in [5.74, 6) is -0.314. The van der Waals surface area contributed by atoms with E-state index in [1.165, 1.54) is 4.68 Å². The molecule has 1 N–H and O–H groups in total. The van der Waals surface area contributed by atoms with Crippen molar-refractivity contribution < 1.29 is 4.79 Å². The molecule has 116 valence electrons. The predicted octanol–water partition coefficient (Wildman–Crippen LogP) is 2.79. The number of aromatic nitrogens is 2. The highest BCUT2D eigenvalue weighted by atomic mass is 35.5. The maximum atomic E-state index is 12.7. The normalized spacial score (nSPS) is 10.7. The number of nitrogens with zero attached hydrogens (tertiary/aromatic N) is 2. The number of hydrogen-bond acceptors (Lipinski definition) is 3. The lowest BCUT2D eigenvalue weighted by molar-refractivity contribution is 0.0951. The third kappa shape index (κ3) is 2.83. The van der Waals surface area contributed by atoms with Crippen molar-refractivity contribution in [2.75, 3.05) is 6.54 Å². The van der Waals surface area contributed by atoms with Crippen LogP contribution in [0.15, 0.2) is 53.3 Å². The lowest BCUT2D eigenvalue weighted by Crippen LogP contribution is -2.29. The summed E-state index contributed by atoms with van der Waals surface area (Å²) < 4.78 is 1.23. The van der Waals surface area contributed by atoms with Gasteiger partial charge in [0.15, 0.2) is 5.69 Å². The molecule has 0 aliphatic carbocycles. The monoisotopic (exact) mass is 327 g/mol. The SMILES string of the molecule is CCNC(=O)c1nn(-c2ccc(Cl)cc2)c(=O)c2ccccc12. The molecule has 0 fully saturated rings. The molecule has 5 nitrogen and oxygen atoms in total. The van der Waals surface area contributed by atoms with Crippen molar-refractivity contribution in [3.8, 4) is 5.69 Å². The zero-order valence-electron chi connectivity index (χ0n) is 12.4. The first-order chi connectivity index (χ1) is 11.1. The van der Waals surface area contributed by atoms with Crippen LogP contribution in [-0.4, -0.2) is 22.2 Å². The summed E-state index contributed by atoms with van der Waals surface area (Å²) in [7, 11) is 0. The van der Waals surface area contributed by atoms with E-state index in [4.69, 9.17) is 11.6 Å². The Hall–Kier alpha value is -2.66. The smallest absolute Gasteiger partial charge is 0.279 e. The molecule has 0 saturated carbocycles. The molecule has 0 aliphatic rings. The highest BCUT2D eigenvalue weighted by Gasteiger charge is 2.16. The lowest BCUT2D eigenvalue weighted by Gasteiger charge is -2.10. The third-order valence-corrected chi connectivity index (χ3v) is 3.68. The number of benzene rings is 2. The minimum atomic E-state index is -0.314. The third-order valence-electron chi connectivity index (χ3n) is 3.43. The number of fused-ring (bicyclic) bond motifs is 1. The summed E-state index contributed by atoms with van der Waals surface area (Å²) in [6, 6.07) is 13.7. The standard InChI is InChI=1S/C17H14ClN3O2/c1-2-19-16(22)15-13-5-3-4-6-14(13)17(23)21(20-15)12-9-7-11(18)8-10-12/h3-10H,2H2,1H3,(H,19,22). The van der Waals surface area contributed by atoms with Gasteiger partial charge in [-0.25, -0.2) is 0 Å². The van der Waals surface area contributed by atoms with E-state index < -0.39 is 0 Å². The van der Waals surface area contributed by atoms with Crippen LogP contribution in [0.4, 0.5) is 0 Å². The van der Waals surface area contributed by atoms with Gasteiger partial charge in [-0.15, -0.1) is 0 Å². The quantitative estimate of drug-likeness (QED) is 0.804. The average Bonchev–Trinajstić information content (AvgIpc) is 2.57. The van der Waals surface area contributed by atoms with Gasteiger partial charge >= 0.3 is 0 Å². The van der Waals surface area contributed by atoms with Crippen molar-refractivity contribution in [2.45, 2.75) is 6.92 Å². The number of amides is 1. The summed E-state index contributed by atoms with van der Waals surface area (Å²) in [6.45, 7) is 2.31. The van der Waals surface area contributed by atoms with Gasteiger partial charge in [0.05, 0.1) is 11.1 Å². The average molecular weight is 328 g/mol. The van der Waals surface area contributed by atoms with Crippen molar-refractivity contribution in [3.63, 3.8) is 0 Å². The molecule has 0 aliphatic heterocycles. The van der Waals surface area contributed by atoms with Gasteiger partial charge in [0.1, 0.15) is 0 Å². The fourth-order valence-corrected chi connectivity index (χ4v) is 2.48. The number of nitrogens with one attached hydrogen (secondary N) is 1. The van der Waals surface area contributed by atoms with Gasteiger partial charge < -0.3 is 5.32 Å². The van der Waals surface area contributed by atoms with E-state index in [-0.39, 0.29) is 17.2 Å². The summed E-state index contributed by atoms with van der Waals surface area (Å²) in [4.78, 5) is 25.0. The van der Waals surface area contributed by atoms with Gasteiger partial charge in [-0.05, 0) is 37.3 Å². The first kappa shape index (κ1) is 15.2. The molecule has 1 amide bonds. The van der Waals surface area contributed by atoms with Crippen LogP contribution in [0.1, 0.15) is 17.4 Å². The number of halogens is 1. The van der Waals surface area contributed by atoms with Gasteiger partial charge in [-0.3, -0.25) is 9.59 Å². The first-order valence-corrected chi connectivity index (χ1v) is 7.56. The first-order valence-electron chi connectivity index (χ1n) is 7.18. The molecule has 0 bridgehead atoms. The number of rotatable bonds is 3. The molecule has 0 atom stereocenters. The molecule has 0 spiro atoms. The fourth-order valence-electron chi connectivity index (χ4n) is 2.36. The van der Waals surface area contributed by atoms with Gasteiger partial charge in [0.2, 0.25) is 0 Å². The highest BCUT2D eigenvalue weighted by Crippen LogP contribution is 2.16. The molecule has 3 rings (SSSR count). The van der Waals surface area contributed by atoms with Crippen molar-refractivity contribution >= 4 is 28.3 Å². The Kier molecular flexibility index (Phi) is 4.12. The molecule has 1 heterocycles. The van der Waals surface area contributed by atoms with Gasteiger partial charge in [-0.2, -0.15) is 9.78 Å². The van der Waals surface area contributed by atoms with E-state index in [1.807, 2.05) is 6.92 Å². The Bertz CT molecular complexity index is 933. The summed E-state index contributed by atoms with van der Waals surface area (Å²) in [6.07, 6.45) is 0. The van der Waals surface area contributed by atoms with Crippen LogP contribution in [0.5, 0.6) is 0 Å². The van der Waals surface area contributed by atoms with Gasteiger partial charge in [0.25, 0.3) is 11.5 Å². The Labute approximate surface area is 137 Å². The van der Waals surface area contributed by atoms with E-state index in [1.54, 1.807) is 48.5 Å². The molecular weight excluding hydrogens is 314 g/mol. The van der Waals surface area contributed by atoms with Crippen LogP contribution in [0.25, 0.3) is 16.5 Å². The van der Waals surface area contributed by atoms with E-state index in [0.717, 1.165) is 0 Å². The Morgan fingerprint density at radius 3 is 2.43 bits per heavy atom. The van der Waals surface area contributed by atoms with E-state index in [0.29, 0.717) is 28.0 Å². The van der Waals surface area contributed by atoms with Gasteiger partial charge in [-0.1, -0.05) is 29.8 Å². The summed E-state index contributed by atoms with van der Waals surface area (Å²) >= 11 is 5.89. The molecule has 6 heteroatoms. The molecule has 2 aromatic carbocycles.